The first kappa shape index (κ1) is 24.7. The van der Waals surface area contributed by atoms with Crippen LogP contribution in [0.1, 0.15) is 0 Å². The van der Waals surface area contributed by atoms with E-state index < -0.39 is 0 Å². The fourth-order valence-corrected chi connectivity index (χ4v) is 6.87. The Morgan fingerprint density at radius 1 is 0.386 bits per heavy atom. The number of fused-ring (bicyclic) bond motifs is 7. The minimum Gasteiger partial charge on any atom is -0.455 e. The zero-order valence-corrected chi connectivity index (χ0v) is 23.9. The van der Waals surface area contributed by atoms with Crippen molar-refractivity contribution in [3.8, 4) is 11.1 Å². The van der Waals surface area contributed by atoms with Crippen molar-refractivity contribution in [3.63, 3.8) is 0 Å². The number of furan rings is 1. The van der Waals surface area contributed by atoms with Crippen LogP contribution in [0.15, 0.2) is 168 Å². The maximum atomic E-state index is 6.77. The van der Waals surface area contributed by atoms with Gasteiger partial charge in [-0.2, -0.15) is 0 Å². The van der Waals surface area contributed by atoms with Crippen LogP contribution in [0.2, 0.25) is 0 Å². The van der Waals surface area contributed by atoms with Crippen molar-refractivity contribution in [1.82, 2.24) is 0 Å². The van der Waals surface area contributed by atoms with Gasteiger partial charge in [0.05, 0.1) is 22.4 Å². The third-order valence-corrected chi connectivity index (χ3v) is 8.82. The highest BCUT2D eigenvalue weighted by Gasteiger charge is 2.23. The molecule has 8 aromatic carbocycles. The Balaban J connectivity index is 1.44. The molecule has 9 rings (SSSR count). The second-order valence-electron chi connectivity index (χ2n) is 11.3. The molecule has 2 nitrogen and oxygen atoms in total. The molecule has 1 aromatic heterocycles. The molecule has 0 amide bonds. The van der Waals surface area contributed by atoms with E-state index in [9.17, 15) is 0 Å². The molecule has 0 fully saturated rings. The number of rotatable bonds is 4. The standard InChI is InChI=1S/C42H27NO/c1-2-13-30(14-3-1)35-27-36-41-39(25-12-26-40(41)44-42(36)34-22-9-8-21-33(34)35)43(37-23-10-17-28-15-4-6-19-31(28)37)38-24-11-18-29-16-5-7-20-32(29)38/h1-27H. The van der Waals surface area contributed by atoms with Gasteiger partial charge in [-0.15, -0.1) is 0 Å². The molecule has 206 valence electrons. The molecule has 1 heterocycles. The third kappa shape index (κ3) is 3.75. The highest BCUT2D eigenvalue weighted by molar-refractivity contribution is 6.23. The van der Waals surface area contributed by atoms with Gasteiger partial charge in [0.25, 0.3) is 0 Å². The molecule has 0 aliphatic heterocycles. The van der Waals surface area contributed by atoms with Crippen LogP contribution in [0.5, 0.6) is 0 Å². The van der Waals surface area contributed by atoms with Crippen LogP contribution in [0.3, 0.4) is 0 Å². The van der Waals surface area contributed by atoms with Gasteiger partial charge in [-0.25, -0.2) is 0 Å². The third-order valence-electron chi connectivity index (χ3n) is 8.82. The van der Waals surface area contributed by atoms with E-state index in [2.05, 4.69) is 169 Å². The molecule has 0 N–H and O–H groups in total. The van der Waals surface area contributed by atoms with Gasteiger partial charge >= 0.3 is 0 Å². The van der Waals surface area contributed by atoms with Crippen molar-refractivity contribution < 1.29 is 4.42 Å². The Kier molecular flexibility index (Phi) is 5.54. The van der Waals surface area contributed by atoms with Crippen LogP contribution < -0.4 is 4.90 Å². The van der Waals surface area contributed by atoms with Gasteiger partial charge < -0.3 is 9.32 Å². The Morgan fingerprint density at radius 3 is 1.59 bits per heavy atom. The summed E-state index contributed by atoms with van der Waals surface area (Å²) < 4.78 is 6.77. The minimum atomic E-state index is 0.873. The summed E-state index contributed by atoms with van der Waals surface area (Å²) in [5.41, 5.74) is 7.53. The monoisotopic (exact) mass is 561 g/mol. The first-order valence-corrected chi connectivity index (χ1v) is 15.0. The highest BCUT2D eigenvalue weighted by Crippen LogP contribution is 2.48. The molecule has 0 aliphatic carbocycles. The molecule has 0 spiro atoms. The number of benzene rings is 8. The van der Waals surface area contributed by atoms with Crippen molar-refractivity contribution in [2.75, 3.05) is 4.90 Å². The van der Waals surface area contributed by atoms with Crippen LogP contribution >= 0.6 is 0 Å². The second kappa shape index (κ2) is 9.86. The van der Waals surface area contributed by atoms with E-state index >= 15 is 0 Å². The molecular weight excluding hydrogens is 534 g/mol. The second-order valence-corrected chi connectivity index (χ2v) is 11.3. The Morgan fingerprint density at radius 2 is 0.909 bits per heavy atom. The lowest BCUT2D eigenvalue weighted by Gasteiger charge is -2.28. The molecule has 9 aromatic rings. The highest BCUT2D eigenvalue weighted by atomic mass is 16.3. The van der Waals surface area contributed by atoms with Gasteiger partial charge in [0, 0.05) is 21.5 Å². The molecule has 0 unspecified atom stereocenters. The molecule has 2 heteroatoms. The van der Waals surface area contributed by atoms with Crippen LogP contribution in [0.25, 0.3) is 65.4 Å². The first-order valence-electron chi connectivity index (χ1n) is 15.0. The largest absolute Gasteiger partial charge is 0.455 e. The smallest absolute Gasteiger partial charge is 0.143 e. The van der Waals surface area contributed by atoms with Gasteiger partial charge in [-0.3, -0.25) is 0 Å². The fraction of sp³-hybridized carbons (Fsp3) is 0. The predicted octanol–water partition coefficient (Wildman–Crippen LogP) is 12.2. The summed E-state index contributed by atoms with van der Waals surface area (Å²) in [5.74, 6) is 0. The Hall–Kier alpha value is -5.86. The molecule has 0 radical (unpaired) electrons. The SMILES string of the molecule is c1ccc(-c2cc3c(oc4cccc(N(c5cccc6ccccc56)c5cccc6ccccc56)c43)c3ccccc23)cc1. The van der Waals surface area contributed by atoms with E-state index in [1.165, 1.54) is 38.1 Å². The average molecular weight is 562 g/mol. The Labute approximate surface area is 255 Å². The summed E-state index contributed by atoms with van der Waals surface area (Å²) in [6.07, 6.45) is 0. The molecule has 0 bridgehead atoms. The number of anilines is 3. The lowest BCUT2D eigenvalue weighted by atomic mass is 9.95. The molecule has 44 heavy (non-hydrogen) atoms. The van der Waals surface area contributed by atoms with Crippen molar-refractivity contribution in [1.29, 1.82) is 0 Å². The number of hydrogen-bond donors (Lipinski definition) is 0. The molecule has 0 atom stereocenters. The van der Waals surface area contributed by atoms with Crippen LogP contribution in [-0.2, 0) is 0 Å². The zero-order chi connectivity index (χ0) is 29.0. The minimum absolute atomic E-state index is 0.873. The normalized spacial score (nSPS) is 11.6. The average Bonchev–Trinajstić information content (AvgIpc) is 3.48. The van der Waals surface area contributed by atoms with Gasteiger partial charge in [0.1, 0.15) is 11.2 Å². The molecule has 0 saturated carbocycles. The van der Waals surface area contributed by atoms with Crippen LogP contribution in [-0.4, -0.2) is 0 Å². The number of hydrogen-bond acceptors (Lipinski definition) is 2. The maximum absolute atomic E-state index is 6.77. The molecular formula is C42H27NO. The predicted molar refractivity (Wildman–Crippen MR) is 186 cm³/mol. The summed E-state index contributed by atoms with van der Waals surface area (Å²) >= 11 is 0. The summed E-state index contributed by atoms with van der Waals surface area (Å²) in [4.78, 5) is 2.43. The van der Waals surface area contributed by atoms with Gasteiger partial charge in [-0.1, -0.05) is 133 Å². The van der Waals surface area contributed by atoms with Gasteiger partial charge in [-0.05, 0) is 57.6 Å². The summed E-state index contributed by atoms with van der Waals surface area (Å²) in [7, 11) is 0. The lowest BCUT2D eigenvalue weighted by Crippen LogP contribution is -2.11. The van der Waals surface area contributed by atoms with E-state index in [0.717, 1.165) is 44.4 Å². The van der Waals surface area contributed by atoms with E-state index in [1.807, 2.05) is 0 Å². The summed E-state index contributed by atoms with van der Waals surface area (Å²) in [5, 5.41) is 9.32. The first-order chi connectivity index (χ1) is 21.8. The summed E-state index contributed by atoms with van der Waals surface area (Å²) in [6, 6.07) is 58.4. The van der Waals surface area contributed by atoms with E-state index in [1.54, 1.807) is 0 Å². The van der Waals surface area contributed by atoms with Crippen LogP contribution in [0, 0.1) is 0 Å². The Bertz CT molecular complexity index is 2420. The van der Waals surface area contributed by atoms with Crippen molar-refractivity contribution >= 4 is 71.3 Å². The molecule has 0 aliphatic rings. The molecule has 0 saturated heterocycles. The van der Waals surface area contributed by atoms with E-state index in [-0.39, 0.29) is 0 Å². The fourth-order valence-electron chi connectivity index (χ4n) is 6.87. The zero-order valence-electron chi connectivity index (χ0n) is 23.9. The van der Waals surface area contributed by atoms with Gasteiger partial charge in [0.15, 0.2) is 0 Å². The maximum Gasteiger partial charge on any atom is 0.143 e. The van der Waals surface area contributed by atoms with Crippen molar-refractivity contribution in [2.24, 2.45) is 0 Å². The van der Waals surface area contributed by atoms with E-state index in [4.69, 9.17) is 4.42 Å². The quantitative estimate of drug-likeness (QED) is 0.212. The van der Waals surface area contributed by atoms with Crippen molar-refractivity contribution in [3.05, 3.63) is 164 Å². The van der Waals surface area contributed by atoms with Gasteiger partial charge in [0.2, 0.25) is 0 Å². The van der Waals surface area contributed by atoms with Crippen molar-refractivity contribution in [2.45, 2.75) is 0 Å². The number of nitrogens with zero attached hydrogens (tertiary/aromatic N) is 1. The summed E-state index contributed by atoms with van der Waals surface area (Å²) in [6.45, 7) is 0. The van der Waals surface area contributed by atoms with E-state index in [0.29, 0.717) is 0 Å². The van der Waals surface area contributed by atoms with Crippen LogP contribution in [0.4, 0.5) is 17.1 Å². The topological polar surface area (TPSA) is 16.4 Å². The lowest BCUT2D eigenvalue weighted by molar-refractivity contribution is 0.672.